The number of carbonyl (C=O) groups is 1. The zero-order valence-corrected chi connectivity index (χ0v) is 11.3. The van der Waals surface area contributed by atoms with Crippen LogP contribution >= 0.6 is 0 Å². The molecule has 0 saturated heterocycles. The fraction of sp³-hybridized carbons (Fsp3) is 0.400. The van der Waals surface area contributed by atoms with Crippen molar-refractivity contribution in [1.82, 2.24) is 0 Å². The molecule has 0 aromatic heterocycles. The molecule has 0 spiro atoms. The van der Waals surface area contributed by atoms with Gasteiger partial charge in [-0.1, -0.05) is 11.6 Å². The summed E-state index contributed by atoms with van der Waals surface area (Å²) in [5.74, 6) is -0.323. The van der Waals surface area contributed by atoms with Crippen molar-refractivity contribution in [3.63, 3.8) is 0 Å². The van der Waals surface area contributed by atoms with E-state index in [1.807, 2.05) is 31.2 Å². The Hall–Kier alpha value is -1.97. The molecule has 1 aliphatic heterocycles. The summed E-state index contributed by atoms with van der Waals surface area (Å²) in [6.07, 6.45) is 5.93. The van der Waals surface area contributed by atoms with Crippen molar-refractivity contribution in [3.8, 4) is 0 Å². The molecule has 0 bridgehead atoms. The van der Waals surface area contributed by atoms with Crippen molar-refractivity contribution in [1.29, 1.82) is 0 Å². The van der Waals surface area contributed by atoms with Gasteiger partial charge in [-0.3, -0.25) is 0 Å². The number of benzene rings is 1. The summed E-state index contributed by atoms with van der Waals surface area (Å²) in [5.41, 5.74) is 2.38. The van der Waals surface area contributed by atoms with Crippen molar-refractivity contribution in [3.05, 3.63) is 41.7 Å². The Morgan fingerprint density at radius 1 is 1.53 bits per heavy atom. The van der Waals surface area contributed by atoms with Crippen LogP contribution in [0.25, 0.3) is 0 Å². The number of methoxy groups -OCH3 is 1. The zero-order valence-electron chi connectivity index (χ0n) is 11.3. The minimum Gasteiger partial charge on any atom is -0.497 e. The maximum atomic E-state index is 11.7. The highest BCUT2D eigenvalue weighted by Gasteiger charge is 2.15. The van der Waals surface area contributed by atoms with Crippen molar-refractivity contribution in [2.24, 2.45) is 0 Å². The van der Waals surface area contributed by atoms with E-state index in [0.717, 1.165) is 24.1 Å². The van der Waals surface area contributed by atoms with Gasteiger partial charge in [0, 0.05) is 5.69 Å². The Bertz CT molecular complexity index is 482. The third-order valence-corrected chi connectivity index (χ3v) is 3.12. The monoisotopic (exact) mass is 261 g/mol. The lowest BCUT2D eigenvalue weighted by Crippen LogP contribution is -2.23. The van der Waals surface area contributed by atoms with Crippen LogP contribution in [0.5, 0.6) is 0 Å². The fourth-order valence-electron chi connectivity index (χ4n) is 2.05. The van der Waals surface area contributed by atoms with Crippen LogP contribution in [0.1, 0.15) is 28.8 Å². The molecular weight excluding hydrogens is 242 g/mol. The van der Waals surface area contributed by atoms with E-state index < -0.39 is 0 Å². The van der Waals surface area contributed by atoms with E-state index in [1.54, 1.807) is 6.26 Å². The third kappa shape index (κ3) is 3.50. The first-order valence-corrected chi connectivity index (χ1v) is 6.44. The van der Waals surface area contributed by atoms with Crippen LogP contribution in [0.4, 0.5) is 5.69 Å². The van der Waals surface area contributed by atoms with Crippen LogP contribution in [-0.4, -0.2) is 25.7 Å². The van der Waals surface area contributed by atoms with E-state index in [-0.39, 0.29) is 12.1 Å². The molecule has 102 valence electrons. The highest BCUT2D eigenvalue weighted by molar-refractivity contribution is 5.95. The second kappa shape index (κ2) is 6.27. The molecule has 19 heavy (non-hydrogen) atoms. The van der Waals surface area contributed by atoms with Gasteiger partial charge in [-0.05, 0) is 38.0 Å². The van der Waals surface area contributed by atoms with Crippen LogP contribution in [0.2, 0.25) is 0 Å². The molecule has 1 heterocycles. The minimum absolute atomic E-state index is 0.150. The lowest BCUT2D eigenvalue weighted by molar-refractivity contribution is 0.0601. The molecule has 0 amide bonds. The number of rotatable bonds is 4. The number of ether oxygens (including phenoxy) is 2. The van der Waals surface area contributed by atoms with Gasteiger partial charge in [0.05, 0.1) is 25.5 Å². The maximum absolute atomic E-state index is 11.7. The summed E-state index contributed by atoms with van der Waals surface area (Å²) in [5, 5.41) is 3.27. The van der Waals surface area contributed by atoms with Gasteiger partial charge in [-0.15, -0.1) is 0 Å². The van der Waals surface area contributed by atoms with Crippen LogP contribution in [-0.2, 0) is 9.47 Å². The first kappa shape index (κ1) is 13.5. The number of hydrogen-bond acceptors (Lipinski definition) is 4. The van der Waals surface area contributed by atoms with Crippen LogP contribution in [0, 0.1) is 6.92 Å². The number of aryl methyl sites for hydroxylation is 1. The summed E-state index contributed by atoms with van der Waals surface area (Å²) in [4.78, 5) is 11.7. The Morgan fingerprint density at radius 2 is 2.37 bits per heavy atom. The predicted molar refractivity (Wildman–Crippen MR) is 74.3 cm³/mol. The first-order valence-electron chi connectivity index (χ1n) is 6.44. The van der Waals surface area contributed by atoms with Crippen LogP contribution in [0.3, 0.4) is 0 Å². The Morgan fingerprint density at radius 3 is 3.05 bits per heavy atom. The summed E-state index contributed by atoms with van der Waals surface area (Å²) >= 11 is 0. The molecule has 1 unspecified atom stereocenters. The molecule has 2 rings (SSSR count). The van der Waals surface area contributed by atoms with E-state index >= 15 is 0 Å². The molecule has 4 nitrogen and oxygen atoms in total. The van der Waals surface area contributed by atoms with E-state index in [1.165, 1.54) is 7.11 Å². The molecule has 0 fully saturated rings. The Balaban J connectivity index is 2.06. The molecule has 0 radical (unpaired) electrons. The molecule has 0 saturated carbocycles. The number of allylic oxidation sites excluding steroid dienone is 1. The van der Waals surface area contributed by atoms with E-state index in [0.29, 0.717) is 12.1 Å². The minimum atomic E-state index is -0.323. The average molecular weight is 261 g/mol. The van der Waals surface area contributed by atoms with Gasteiger partial charge in [0.2, 0.25) is 0 Å². The normalized spacial score (nSPS) is 17.7. The number of hydrogen-bond donors (Lipinski definition) is 1. The van der Waals surface area contributed by atoms with E-state index in [9.17, 15) is 4.79 Å². The van der Waals surface area contributed by atoms with Gasteiger partial charge < -0.3 is 14.8 Å². The summed E-state index contributed by atoms with van der Waals surface area (Å²) < 4.78 is 10.3. The topological polar surface area (TPSA) is 47.6 Å². The molecule has 1 aromatic carbocycles. The van der Waals surface area contributed by atoms with Crippen molar-refractivity contribution < 1.29 is 14.3 Å². The van der Waals surface area contributed by atoms with Gasteiger partial charge in [-0.25, -0.2) is 4.79 Å². The van der Waals surface area contributed by atoms with Gasteiger partial charge in [0.1, 0.15) is 6.10 Å². The number of esters is 1. The number of carbonyl (C=O) groups excluding carboxylic acids is 1. The van der Waals surface area contributed by atoms with Crippen molar-refractivity contribution >= 4 is 11.7 Å². The summed E-state index contributed by atoms with van der Waals surface area (Å²) in [7, 11) is 1.39. The number of anilines is 1. The molecule has 1 aromatic rings. The van der Waals surface area contributed by atoms with Crippen LogP contribution in [0.15, 0.2) is 30.5 Å². The SMILES string of the molecule is COC(=O)c1cc(C)ccc1NCC1CCC=CO1. The van der Waals surface area contributed by atoms with Crippen molar-refractivity contribution in [2.75, 3.05) is 19.0 Å². The smallest absolute Gasteiger partial charge is 0.339 e. The number of nitrogens with one attached hydrogen (secondary N) is 1. The van der Waals surface area contributed by atoms with E-state index in [2.05, 4.69) is 5.32 Å². The highest BCUT2D eigenvalue weighted by Crippen LogP contribution is 2.19. The second-order valence-electron chi connectivity index (χ2n) is 4.63. The quantitative estimate of drug-likeness (QED) is 0.847. The fourth-order valence-corrected chi connectivity index (χ4v) is 2.05. The van der Waals surface area contributed by atoms with E-state index in [4.69, 9.17) is 9.47 Å². The molecule has 1 atom stereocenters. The molecule has 4 heteroatoms. The third-order valence-electron chi connectivity index (χ3n) is 3.12. The van der Waals surface area contributed by atoms with Crippen LogP contribution < -0.4 is 5.32 Å². The maximum Gasteiger partial charge on any atom is 0.339 e. The largest absolute Gasteiger partial charge is 0.497 e. The molecule has 1 aliphatic rings. The summed E-state index contributed by atoms with van der Waals surface area (Å²) in [6.45, 7) is 2.63. The zero-order chi connectivity index (χ0) is 13.7. The Kier molecular flexibility index (Phi) is 4.44. The lowest BCUT2D eigenvalue weighted by Gasteiger charge is -2.21. The molecule has 0 aliphatic carbocycles. The standard InChI is InChI=1S/C15H19NO3/c1-11-6-7-14(13(9-11)15(17)18-2)16-10-12-5-3-4-8-19-12/h4,6-9,12,16H,3,5,10H2,1-2H3. The van der Waals surface area contributed by atoms with Gasteiger partial charge >= 0.3 is 5.97 Å². The van der Waals surface area contributed by atoms with Gasteiger partial charge in [0.15, 0.2) is 0 Å². The lowest BCUT2D eigenvalue weighted by atomic mass is 10.1. The molecular formula is C15H19NO3. The highest BCUT2D eigenvalue weighted by atomic mass is 16.5. The molecule has 1 N–H and O–H groups in total. The van der Waals surface area contributed by atoms with Crippen molar-refractivity contribution in [2.45, 2.75) is 25.9 Å². The van der Waals surface area contributed by atoms with Gasteiger partial charge in [-0.2, -0.15) is 0 Å². The first-order chi connectivity index (χ1) is 9.20. The average Bonchev–Trinajstić information content (AvgIpc) is 2.46. The Labute approximate surface area is 113 Å². The summed E-state index contributed by atoms with van der Waals surface area (Å²) in [6, 6.07) is 5.70. The predicted octanol–water partition coefficient (Wildman–Crippen LogP) is 2.89. The second-order valence-corrected chi connectivity index (χ2v) is 4.63. The van der Waals surface area contributed by atoms with Gasteiger partial charge in [0.25, 0.3) is 0 Å².